The Kier molecular flexibility index (Phi) is 18.8. The minimum atomic E-state index is -1.78. The second kappa shape index (κ2) is 25.3. The van der Waals surface area contributed by atoms with Gasteiger partial charge in [0.15, 0.2) is 34.9 Å². The van der Waals surface area contributed by atoms with E-state index >= 15 is 26.3 Å². The van der Waals surface area contributed by atoms with Gasteiger partial charge in [0.1, 0.15) is 23.0 Å². The summed E-state index contributed by atoms with van der Waals surface area (Å²) in [5.41, 5.74) is 8.34. The number of halogens is 6. The van der Waals surface area contributed by atoms with E-state index in [2.05, 4.69) is 0 Å². The molecule has 10 rings (SSSR count). The molecule has 0 fully saturated rings. The van der Waals surface area contributed by atoms with Gasteiger partial charge < -0.3 is 34.5 Å². The minimum Gasteiger partial charge on any atom is -0.507 e. The molecule has 0 amide bonds. The van der Waals surface area contributed by atoms with Crippen LogP contribution in [0.15, 0.2) is 194 Å². The average molecular weight is 1150 g/mol. The topological polar surface area (TPSA) is 58.9 Å². The largest absolute Gasteiger partial charge is 2.00 e. The SMILES string of the molecule is Cc1cc(-c2cc(-c3ccccc3)cc(-c3ccccc3)c2)c(O)c(-c2c(O[C@H](C)C[C@H](C)Oc3cc(F)c(F)c(F)c3-c3cc(C)cc(-c4cc(-c5ccccc5)cc(-c5ccccc5)c4)c3O)cc(F)c(F)c2F)c1.[CH3-].[CH3-].[Zr+2]. The second-order valence-electron chi connectivity index (χ2n) is 19.3. The smallest absolute Gasteiger partial charge is 0.507 e. The fourth-order valence-corrected chi connectivity index (χ4v) is 9.97. The first-order chi connectivity index (χ1) is 37.1. The molecule has 0 unspecified atom stereocenters. The Morgan fingerprint density at radius 1 is 0.350 bits per heavy atom. The monoisotopic (exact) mass is 1150 g/mol. The molecule has 80 heavy (non-hydrogen) atoms. The Bertz CT molecular complexity index is 3460. The van der Waals surface area contributed by atoms with Crippen molar-refractivity contribution in [2.75, 3.05) is 0 Å². The Morgan fingerprint density at radius 3 is 0.900 bits per heavy atom. The molecule has 402 valence electrons. The average Bonchev–Trinajstić information content (AvgIpc) is 3.62. The first-order valence-corrected chi connectivity index (χ1v) is 25.0. The fourth-order valence-electron chi connectivity index (χ4n) is 9.97. The summed E-state index contributed by atoms with van der Waals surface area (Å²) in [6.07, 6.45) is -2.10. The molecule has 0 bridgehead atoms. The van der Waals surface area contributed by atoms with E-state index in [1.807, 2.05) is 158 Å². The van der Waals surface area contributed by atoms with Crippen molar-refractivity contribution in [3.05, 3.63) is 255 Å². The molecule has 0 spiro atoms. The summed E-state index contributed by atoms with van der Waals surface area (Å²) in [4.78, 5) is 0. The van der Waals surface area contributed by atoms with Crippen LogP contribution in [0.1, 0.15) is 31.4 Å². The van der Waals surface area contributed by atoms with Crippen molar-refractivity contribution in [3.8, 4) is 112 Å². The van der Waals surface area contributed by atoms with Crippen molar-refractivity contribution < 1.29 is 72.2 Å². The molecule has 2 N–H and O–H groups in total. The Hall–Kier alpha value is -8.14. The molecule has 11 heteroatoms. The number of rotatable bonds is 14. The maximum Gasteiger partial charge on any atom is 2.00 e. The molecule has 0 aliphatic rings. The van der Waals surface area contributed by atoms with Crippen LogP contribution in [0.3, 0.4) is 0 Å². The van der Waals surface area contributed by atoms with Gasteiger partial charge in [0.05, 0.1) is 23.3 Å². The maximum atomic E-state index is 16.4. The molecule has 0 aromatic heterocycles. The van der Waals surface area contributed by atoms with Crippen LogP contribution >= 0.6 is 0 Å². The first kappa shape index (κ1) is 59.5. The number of phenolic OH excluding ortho intramolecular Hbond substituents is 2. The molecule has 0 saturated heterocycles. The summed E-state index contributed by atoms with van der Waals surface area (Å²) in [6.45, 7) is 6.54. The molecular formula is C69H56F6O4Zr. The van der Waals surface area contributed by atoms with Gasteiger partial charge in [0.2, 0.25) is 0 Å². The van der Waals surface area contributed by atoms with Crippen molar-refractivity contribution in [2.45, 2.75) is 46.3 Å². The predicted octanol–water partition coefficient (Wildman–Crippen LogP) is 19.4. The molecule has 0 aliphatic carbocycles. The third kappa shape index (κ3) is 12.3. The predicted molar refractivity (Wildman–Crippen MR) is 307 cm³/mol. The van der Waals surface area contributed by atoms with Gasteiger partial charge in [-0.25, -0.2) is 26.3 Å². The first-order valence-electron chi connectivity index (χ1n) is 25.0. The van der Waals surface area contributed by atoms with E-state index < -0.39 is 81.2 Å². The number of ether oxygens (including phenoxy) is 2. The van der Waals surface area contributed by atoms with Gasteiger partial charge in [-0.2, -0.15) is 0 Å². The molecule has 4 nitrogen and oxygen atoms in total. The zero-order valence-corrected chi connectivity index (χ0v) is 47.3. The van der Waals surface area contributed by atoms with Gasteiger partial charge in [-0.3, -0.25) is 0 Å². The van der Waals surface area contributed by atoms with Crippen LogP contribution in [0.5, 0.6) is 23.0 Å². The number of hydrogen-bond donors (Lipinski definition) is 2. The zero-order chi connectivity index (χ0) is 54.1. The number of aryl methyl sites for hydroxylation is 2. The van der Waals surface area contributed by atoms with Crippen molar-refractivity contribution in [3.63, 3.8) is 0 Å². The van der Waals surface area contributed by atoms with Gasteiger partial charge in [-0.15, -0.1) is 0 Å². The van der Waals surface area contributed by atoms with Crippen LogP contribution in [0.2, 0.25) is 0 Å². The van der Waals surface area contributed by atoms with Gasteiger partial charge in [0, 0.05) is 40.8 Å². The van der Waals surface area contributed by atoms with E-state index in [-0.39, 0.29) is 58.6 Å². The summed E-state index contributed by atoms with van der Waals surface area (Å²) in [5.74, 6) is -11.6. The summed E-state index contributed by atoms with van der Waals surface area (Å²) < 4.78 is 106. The summed E-state index contributed by atoms with van der Waals surface area (Å²) >= 11 is 0. The molecule has 10 aromatic rings. The molecule has 0 heterocycles. The molecular weight excluding hydrogens is 1100 g/mol. The van der Waals surface area contributed by atoms with Crippen LogP contribution in [0.25, 0.3) is 89.0 Å². The quantitative estimate of drug-likeness (QED) is 0.0647. The van der Waals surface area contributed by atoms with Crippen LogP contribution in [-0.4, -0.2) is 22.4 Å². The third-order valence-corrected chi connectivity index (χ3v) is 13.5. The third-order valence-electron chi connectivity index (χ3n) is 13.5. The standard InChI is InChI=1S/C67H50F6O4.2CH3.Zr/c1-38-25-52(50-32-46(42-17-9-5-10-18-42)30-47(33-50)43-19-11-6-12-20-43)66(74)54(27-38)60-58(36-56(68)62(70)64(60)72)76-40(3)29-41(4)77-59-37-57(69)63(71)65(73)61(59)55-28-39(2)26-53(67(55)75)51-34-48(44-21-13-7-14-22-44)31-49(35-51)45-23-15-8-16-24-45;;;/h5-28,30-37,40-41,74-75H,29H2,1-4H3;2*1H3;/q;2*-1;+2/t40-,41+;;;. The number of aromatic hydroxyl groups is 2. The van der Waals surface area contributed by atoms with Gasteiger partial charge in [0.25, 0.3) is 0 Å². The van der Waals surface area contributed by atoms with Crippen molar-refractivity contribution in [2.24, 2.45) is 0 Å². The zero-order valence-electron chi connectivity index (χ0n) is 44.8. The van der Waals surface area contributed by atoms with Crippen LogP contribution in [0, 0.1) is 63.6 Å². The number of hydrogen-bond acceptors (Lipinski definition) is 4. The molecule has 10 aromatic carbocycles. The summed E-state index contributed by atoms with van der Waals surface area (Å²) in [5, 5.41) is 24.3. The van der Waals surface area contributed by atoms with E-state index in [0.717, 1.165) is 44.5 Å². The second-order valence-corrected chi connectivity index (χ2v) is 19.3. The normalized spacial score (nSPS) is 11.6. The Morgan fingerprint density at radius 2 is 0.613 bits per heavy atom. The summed E-state index contributed by atoms with van der Waals surface area (Å²) in [6, 6.07) is 57.9. The van der Waals surface area contributed by atoms with Crippen LogP contribution in [0.4, 0.5) is 26.3 Å². The van der Waals surface area contributed by atoms with Crippen molar-refractivity contribution >= 4 is 0 Å². The van der Waals surface area contributed by atoms with E-state index in [0.29, 0.717) is 45.5 Å². The molecule has 0 aliphatic heterocycles. The molecule has 2 atom stereocenters. The Labute approximate surface area is 482 Å². The minimum absolute atomic E-state index is 0. The van der Waals surface area contributed by atoms with Crippen LogP contribution < -0.4 is 9.47 Å². The maximum absolute atomic E-state index is 16.4. The molecule has 0 radical (unpaired) electrons. The van der Waals surface area contributed by atoms with Crippen molar-refractivity contribution in [1.82, 2.24) is 0 Å². The van der Waals surface area contributed by atoms with Crippen LogP contribution in [-0.2, 0) is 26.2 Å². The summed E-state index contributed by atoms with van der Waals surface area (Å²) in [7, 11) is 0. The van der Waals surface area contributed by atoms with Gasteiger partial charge >= 0.3 is 26.2 Å². The number of benzene rings is 10. The fraction of sp³-hybridized carbons (Fsp3) is 0.101. The van der Waals surface area contributed by atoms with E-state index in [4.69, 9.17) is 9.47 Å². The van der Waals surface area contributed by atoms with E-state index in [1.54, 1.807) is 39.8 Å². The van der Waals surface area contributed by atoms with E-state index in [1.165, 1.54) is 12.1 Å². The van der Waals surface area contributed by atoms with Gasteiger partial charge in [-0.1, -0.05) is 121 Å². The number of phenols is 2. The Balaban J connectivity index is 0.00000308. The molecule has 0 saturated carbocycles. The van der Waals surface area contributed by atoms with Crippen molar-refractivity contribution in [1.29, 1.82) is 0 Å². The van der Waals surface area contributed by atoms with E-state index in [9.17, 15) is 10.2 Å². The van der Waals surface area contributed by atoms with Gasteiger partial charge in [-0.05, 0) is 155 Å².